The Hall–Kier alpha value is -2.37. The van der Waals surface area contributed by atoms with E-state index in [2.05, 4.69) is 15.8 Å². The van der Waals surface area contributed by atoms with Crippen LogP contribution in [0.5, 0.6) is 0 Å². The number of amides is 2. The van der Waals surface area contributed by atoms with Crippen molar-refractivity contribution in [3.8, 4) is 0 Å². The van der Waals surface area contributed by atoms with Gasteiger partial charge in [0, 0.05) is 30.0 Å². The van der Waals surface area contributed by atoms with Crippen LogP contribution in [0.4, 0.5) is 0 Å². The minimum absolute atomic E-state index is 0.0479. The average molecular weight is 378 g/mol. The normalized spacial score (nSPS) is 10.6. The van der Waals surface area contributed by atoms with Gasteiger partial charge in [-0.2, -0.15) is 5.10 Å². The van der Waals surface area contributed by atoms with Gasteiger partial charge in [-0.05, 0) is 17.7 Å². The van der Waals surface area contributed by atoms with E-state index in [-0.39, 0.29) is 24.7 Å². The molecule has 0 saturated carbocycles. The topological polar surface area (TPSA) is 70.6 Å². The second-order valence-electron chi connectivity index (χ2n) is 5.22. The number of carbonyl (C=O) groups excluding carboxylic acids is 2. The summed E-state index contributed by atoms with van der Waals surface area (Å²) in [5.74, 6) is -0.542. The SMILES string of the molecule is O=C(CCC(=O)NN=Cc1ccc(Cl)cc1Cl)NCc1ccccc1. The van der Waals surface area contributed by atoms with E-state index in [0.29, 0.717) is 22.2 Å². The molecule has 2 N–H and O–H groups in total. The van der Waals surface area contributed by atoms with E-state index in [9.17, 15) is 9.59 Å². The Morgan fingerprint density at radius 2 is 1.72 bits per heavy atom. The van der Waals surface area contributed by atoms with Crippen molar-refractivity contribution in [2.45, 2.75) is 19.4 Å². The van der Waals surface area contributed by atoms with Crippen LogP contribution in [0.25, 0.3) is 0 Å². The summed E-state index contributed by atoms with van der Waals surface area (Å²) >= 11 is 11.8. The van der Waals surface area contributed by atoms with Gasteiger partial charge in [-0.15, -0.1) is 0 Å². The Bertz CT molecular complexity index is 764. The molecule has 25 heavy (non-hydrogen) atoms. The molecule has 0 radical (unpaired) electrons. The third-order valence-electron chi connectivity index (χ3n) is 3.27. The summed E-state index contributed by atoms with van der Waals surface area (Å²) < 4.78 is 0. The van der Waals surface area contributed by atoms with Gasteiger partial charge in [0.25, 0.3) is 0 Å². The highest BCUT2D eigenvalue weighted by Crippen LogP contribution is 2.19. The van der Waals surface area contributed by atoms with E-state index in [1.54, 1.807) is 18.2 Å². The van der Waals surface area contributed by atoms with Gasteiger partial charge in [0.05, 0.1) is 11.2 Å². The molecular weight excluding hydrogens is 361 g/mol. The highest BCUT2D eigenvalue weighted by Gasteiger charge is 2.06. The van der Waals surface area contributed by atoms with Crippen LogP contribution < -0.4 is 10.7 Å². The minimum atomic E-state index is -0.351. The smallest absolute Gasteiger partial charge is 0.240 e. The fourth-order valence-corrected chi connectivity index (χ4v) is 2.41. The highest BCUT2D eigenvalue weighted by molar-refractivity contribution is 6.36. The third kappa shape index (κ3) is 6.95. The molecule has 7 heteroatoms. The summed E-state index contributed by atoms with van der Waals surface area (Å²) in [4.78, 5) is 23.4. The summed E-state index contributed by atoms with van der Waals surface area (Å²) in [7, 11) is 0. The van der Waals surface area contributed by atoms with Gasteiger partial charge < -0.3 is 5.32 Å². The van der Waals surface area contributed by atoms with E-state index in [0.717, 1.165) is 5.56 Å². The number of carbonyl (C=O) groups is 2. The molecule has 0 aliphatic carbocycles. The Labute approximate surface area is 156 Å². The Balaban J connectivity index is 1.69. The number of nitrogens with one attached hydrogen (secondary N) is 2. The molecule has 2 amide bonds. The first-order valence-electron chi connectivity index (χ1n) is 7.62. The van der Waals surface area contributed by atoms with Gasteiger partial charge in [-0.25, -0.2) is 5.43 Å². The van der Waals surface area contributed by atoms with Crippen LogP contribution in [-0.2, 0) is 16.1 Å². The largest absolute Gasteiger partial charge is 0.352 e. The van der Waals surface area contributed by atoms with Crippen LogP contribution in [0.15, 0.2) is 53.6 Å². The average Bonchev–Trinajstić information content (AvgIpc) is 2.61. The van der Waals surface area contributed by atoms with Crippen LogP contribution in [0, 0.1) is 0 Å². The first-order valence-corrected chi connectivity index (χ1v) is 8.38. The molecule has 0 saturated heterocycles. The molecule has 0 aliphatic rings. The number of halogens is 2. The lowest BCUT2D eigenvalue weighted by atomic mass is 10.2. The van der Waals surface area contributed by atoms with Crippen LogP contribution in [0.2, 0.25) is 10.0 Å². The molecule has 0 heterocycles. The molecule has 2 aromatic rings. The fraction of sp³-hybridized carbons (Fsp3) is 0.167. The van der Waals surface area contributed by atoms with Crippen LogP contribution in [0.1, 0.15) is 24.0 Å². The number of hydrogen-bond donors (Lipinski definition) is 2. The number of hydrogen-bond acceptors (Lipinski definition) is 3. The van der Waals surface area contributed by atoms with Gasteiger partial charge in [-0.1, -0.05) is 59.6 Å². The molecule has 0 bridgehead atoms. The summed E-state index contributed by atoms with van der Waals surface area (Å²) in [5.41, 5.74) is 4.00. The van der Waals surface area contributed by atoms with Crippen molar-refractivity contribution in [2.75, 3.05) is 0 Å². The van der Waals surface area contributed by atoms with E-state index < -0.39 is 0 Å². The molecule has 5 nitrogen and oxygen atoms in total. The summed E-state index contributed by atoms with van der Waals surface area (Å²) in [6, 6.07) is 14.5. The quantitative estimate of drug-likeness (QED) is 0.572. The van der Waals surface area contributed by atoms with E-state index in [4.69, 9.17) is 23.2 Å². The van der Waals surface area contributed by atoms with Crippen molar-refractivity contribution in [2.24, 2.45) is 5.10 Å². The molecule has 0 atom stereocenters. The highest BCUT2D eigenvalue weighted by atomic mass is 35.5. The lowest BCUT2D eigenvalue weighted by Gasteiger charge is -2.05. The number of rotatable bonds is 7. The molecule has 0 unspecified atom stereocenters. The monoisotopic (exact) mass is 377 g/mol. The van der Waals surface area contributed by atoms with Gasteiger partial charge in [0.2, 0.25) is 11.8 Å². The lowest BCUT2D eigenvalue weighted by molar-refractivity contribution is -0.126. The maximum absolute atomic E-state index is 11.7. The molecule has 2 aromatic carbocycles. The molecular formula is C18H17Cl2N3O2. The molecule has 0 aromatic heterocycles. The van der Waals surface area contributed by atoms with Crippen LogP contribution in [0.3, 0.4) is 0 Å². The second kappa shape index (κ2) is 9.81. The zero-order valence-electron chi connectivity index (χ0n) is 13.3. The maximum Gasteiger partial charge on any atom is 0.240 e. The van der Waals surface area contributed by atoms with Crippen molar-refractivity contribution in [3.05, 3.63) is 69.7 Å². The molecule has 0 aliphatic heterocycles. The van der Waals surface area contributed by atoms with E-state index in [1.165, 1.54) is 6.21 Å². The van der Waals surface area contributed by atoms with Crippen molar-refractivity contribution in [1.82, 2.24) is 10.7 Å². The summed E-state index contributed by atoms with van der Waals surface area (Å²) in [5, 5.41) is 7.54. The number of nitrogens with zero attached hydrogens (tertiary/aromatic N) is 1. The molecule has 0 spiro atoms. The van der Waals surface area contributed by atoms with Crippen molar-refractivity contribution in [3.63, 3.8) is 0 Å². The zero-order valence-corrected chi connectivity index (χ0v) is 14.8. The fourth-order valence-electron chi connectivity index (χ4n) is 1.95. The molecule has 2 rings (SSSR count). The summed E-state index contributed by atoms with van der Waals surface area (Å²) in [6.45, 7) is 0.439. The van der Waals surface area contributed by atoms with Crippen LogP contribution in [-0.4, -0.2) is 18.0 Å². The molecule has 0 fully saturated rings. The second-order valence-corrected chi connectivity index (χ2v) is 6.06. The number of benzene rings is 2. The zero-order chi connectivity index (χ0) is 18.1. The van der Waals surface area contributed by atoms with Gasteiger partial charge in [0.1, 0.15) is 0 Å². The summed E-state index contributed by atoms with van der Waals surface area (Å²) in [6.07, 6.45) is 1.56. The third-order valence-corrected chi connectivity index (χ3v) is 3.83. The van der Waals surface area contributed by atoms with Gasteiger partial charge in [0.15, 0.2) is 0 Å². The standard InChI is InChI=1S/C18H17Cl2N3O2/c19-15-7-6-14(16(20)10-15)12-22-23-18(25)9-8-17(24)21-11-13-4-2-1-3-5-13/h1-7,10,12H,8-9,11H2,(H,21,24)(H,23,25). The van der Waals surface area contributed by atoms with E-state index >= 15 is 0 Å². The predicted molar refractivity (Wildman–Crippen MR) is 99.7 cm³/mol. The minimum Gasteiger partial charge on any atom is -0.352 e. The Morgan fingerprint density at radius 3 is 2.44 bits per heavy atom. The van der Waals surface area contributed by atoms with Crippen LogP contribution >= 0.6 is 23.2 Å². The maximum atomic E-state index is 11.7. The lowest BCUT2D eigenvalue weighted by Crippen LogP contribution is -2.25. The van der Waals surface area contributed by atoms with Gasteiger partial charge in [-0.3, -0.25) is 9.59 Å². The van der Waals surface area contributed by atoms with Crippen molar-refractivity contribution in [1.29, 1.82) is 0 Å². The Morgan fingerprint density at radius 1 is 1.00 bits per heavy atom. The van der Waals surface area contributed by atoms with E-state index in [1.807, 2.05) is 30.3 Å². The van der Waals surface area contributed by atoms with Crippen molar-refractivity contribution < 1.29 is 9.59 Å². The van der Waals surface area contributed by atoms with Crippen molar-refractivity contribution >= 4 is 41.2 Å². The number of hydrazone groups is 1. The molecule has 130 valence electrons. The predicted octanol–water partition coefficient (Wildman–Crippen LogP) is 3.54. The first kappa shape index (κ1) is 19.0. The van der Waals surface area contributed by atoms with Gasteiger partial charge >= 0.3 is 0 Å². The first-order chi connectivity index (χ1) is 12.0. The Kier molecular flexibility index (Phi) is 7.44.